The maximum absolute atomic E-state index is 6.14. The summed E-state index contributed by atoms with van der Waals surface area (Å²) in [5, 5.41) is 2.67. The third kappa shape index (κ3) is 4.69. The molecule has 1 nitrogen and oxygen atoms in total. The van der Waals surface area contributed by atoms with Crippen LogP contribution >= 0.6 is 0 Å². The van der Waals surface area contributed by atoms with Crippen molar-refractivity contribution in [3.8, 4) is 0 Å². The van der Waals surface area contributed by atoms with Crippen molar-refractivity contribution in [2.24, 2.45) is 0 Å². The number of benzene rings is 2. The zero-order valence-electron chi connectivity index (χ0n) is 13.9. The van der Waals surface area contributed by atoms with Crippen LogP contribution in [0.15, 0.2) is 55.1 Å². The van der Waals surface area contributed by atoms with Crippen molar-refractivity contribution < 1.29 is 4.74 Å². The van der Waals surface area contributed by atoms with Crippen LogP contribution in [0.5, 0.6) is 0 Å². The number of hydrogen-bond donors (Lipinski definition) is 0. The average molecular weight is 308 g/mol. The summed E-state index contributed by atoms with van der Waals surface area (Å²) in [5.41, 5.74) is 2.31. The van der Waals surface area contributed by atoms with Gasteiger partial charge in [0.05, 0.1) is 11.7 Å². The van der Waals surface area contributed by atoms with Crippen LogP contribution in [0.4, 0.5) is 0 Å². The van der Waals surface area contributed by atoms with Crippen molar-refractivity contribution in [1.82, 2.24) is 0 Å². The zero-order chi connectivity index (χ0) is 16.2. The molecule has 2 aromatic carbocycles. The van der Waals surface area contributed by atoms with Crippen molar-refractivity contribution in [2.45, 2.75) is 39.4 Å². The predicted molar refractivity (Wildman–Crippen MR) is 97.3 cm³/mol. The van der Waals surface area contributed by atoms with Crippen LogP contribution in [-0.2, 0) is 4.74 Å². The maximum atomic E-state index is 6.14. The quantitative estimate of drug-likeness (QED) is 0.762. The van der Waals surface area contributed by atoms with Crippen LogP contribution in [-0.4, -0.2) is 15.1 Å². The van der Waals surface area contributed by atoms with Gasteiger partial charge in [-0.2, -0.15) is 0 Å². The van der Waals surface area contributed by atoms with Crippen molar-refractivity contribution in [2.75, 3.05) is 0 Å². The molecule has 22 heavy (non-hydrogen) atoms. The number of rotatable bonds is 5. The largest absolute Gasteiger partial charge is 0.368 e. The lowest BCUT2D eigenvalue weighted by Gasteiger charge is -2.26. The van der Waals surface area contributed by atoms with Gasteiger partial charge in [0, 0.05) is 0 Å². The van der Waals surface area contributed by atoms with Gasteiger partial charge in [0.2, 0.25) is 0 Å². The minimum atomic E-state index is -0.140. The van der Waals surface area contributed by atoms with E-state index >= 15 is 0 Å². The lowest BCUT2D eigenvalue weighted by molar-refractivity contribution is -0.0525. The molecule has 0 heterocycles. The fourth-order valence-corrected chi connectivity index (χ4v) is 3.80. The van der Waals surface area contributed by atoms with Crippen LogP contribution in [0.1, 0.15) is 44.9 Å². The summed E-state index contributed by atoms with van der Waals surface area (Å²) in [5.74, 6) is 0. The fourth-order valence-electron chi connectivity index (χ4n) is 2.46. The molecule has 2 rings (SSSR count). The molecule has 0 N–H and O–H groups in total. The molecule has 0 aliphatic rings. The number of ether oxygens (including phenoxy) is 1. The highest BCUT2D eigenvalue weighted by Crippen LogP contribution is 2.21. The molecule has 2 heteroatoms. The van der Waals surface area contributed by atoms with Crippen LogP contribution in [0.2, 0.25) is 0 Å². The summed E-state index contributed by atoms with van der Waals surface area (Å²) < 4.78 is 6.14. The lowest BCUT2D eigenvalue weighted by atomic mass is 10.1. The summed E-state index contributed by atoms with van der Waals surface area (Å²) in [4.78, 5) is 0. The molecule has 1 unspecified atom stereocenters. The summed E-state index contributed by atoms with van der Waals surface area (Å²) in [6, 6.07) is 17.1. The first-order chi connectivity index (χ1) is 10.4. The van der Waals surface area contributed by atoms with Crippen molar-refractivity contribution in [3.05, 3.63) is 66.2 Å². The summed E-state index contributed by atoms with van der Waals surface area (Å²) in [7, 11) is 0.626. The Hall–Kier alpha value is -1.64. The van der Waals surface area contributed by atoms with Crippen LogP contribution < -0.4 is 10.4 Å². The minimum Gasteiger partial charge on any atom is -0.368 e. The highest BCUT2D eigenvalue weighted by atomic mass is 28.2. The van der Waals surface area contributed by atoms with Gasteiger partial charge < -0.3 is 4.74 Å². The molecular weight excluding hydrogens is 284 g/mol. The van der Waals surface area contributed by atoms with Gasteiger partial charge in [-0.3, -0.25) is 0 Å². The predicted octanol–water partition coefficient (Wildman–Crippen LogP) is 3.86. The van der Waals surface area contributed by atoms with Gasteiger partial charge >= 0.3 is 0 Å². The summed E-state index contributed by atoms with van der Waals surface area (Å²) in [6.45, 7) is 12.3. The fraction of sp³-hybridized carbons (Fsp3) is 0.300. The van der Waals surface area contributed by atoms with E-state index in [1.165, 1.54) is 21.5 Å². The third-order valence-electron chi connectivity index (χ3n) is 3.33. The Labute approximate surface area is 136 Å². The molecule has 114 valence electrons. The van der Waals surface area contributed by atoms with Gasteiger partial charge in [0.15, 0.2) is 0 Å². The van der Waals surface area contributed by atoms with E-state index in [-0.39, 0.29) is 11.7 Å². The standard InChI is InChI=1S/C20H24OSi/c1-6-16-10-9-11-17(14-16)22-19-13-8-7-12-18(19)15(2)21-20(3,4)5/h6-15H,1H2,2-5H3. The second kappa shape index (κ2) is 7.08. The number of hydrogen-bond acceptors (Lipinski definition) is 1. The zero-order valence-corrected chi connectivity index (χ0v) is 14.9. The van der Waals surface area contributed by atoms with Crippen LogP contribution in [0.25, 0.3) is 6.08 Å². The molecule has 0 aliphatic carbocycles. The van der Waals surface area contributed by atoms with Gasteiger partial charge in [-0.05, 0) is 38.8 Å². The Bertz CT molecular complexity index is 640. The molecule has 1 atom stereocenters. The SMILES string of the molecule is C=Cc1cccc([Si]c2ccccc2C(C)OC(C)(C)C)c1. The first-order valence-electron chi connectivity index (χ1n) is 7.65. The van der Waals surface area contributed by atoms with E-state index in [2.05, 4.69) is 82.8 Å². The maximum Gasteiger partial charge on any atom is 0.122 e. The van der Waals surface area contributed by atoms with E-state index in [4.69, 9.17) is 4.74 Å². The molecule has 0 saturated heterocycles. The van der Waals surface area contributed by atoms with Crippen molar-refractivity contribution in [1.29, 1.82) is 0 Å². The van der Waals surface area contributed by atoms with Crippen LogP contribution in [0, 0.1) is 0 Å². The molecule has 0 fully saturated rings. The Morgan fingerprint density at radius 3 is 2.50 bits per heavy atom. The van der Waals surface area contributed by atoms with E-state index in [0.717, 1.165) is 0 Å². The smallest absolute Gasteiger partial charge is 0.122 e. The lowest BCUT2D eigenvalue weighted by Crippen LogP contribution is -2.32. The monoisotopic (exact) mass is 308 g/mol. The van der Waals surface area contributed by atoms with E-state index in [1.807, 2.05) is 6.08 Å². The average Bonchev–Trinajstić information content (AvgIpc) is 2.46. The molecule has 0 amide bonds. The molecule has 0 bridgehead atoms. The summed E-state index contributed by atoms with van der Waals surface area (Å²) >= 11 is 0. The Morgan fingerprint density at radius 2 is 1.82 bits per heavy atom. The van der Waals surface area contributed by atoms with Crippen molar-refractivity contribution >= 4 is 26.0 Å². The van der Waals surface area contributed by atoms with Crippen molar-refractivity contribution in [3.63, 3.8) is 0 Å². The molecule has 0 aromatic heterocycles. The highest BCUT2D eigenvalue weighted by Gasteiger charge is 2.18. The van der Waals surface area contributed by atoms with E-state index in [1.54, 1.807) is 0 Å². The van der Waals surface area contributed by atoms with Gasteiger partial charge in [0.1, 0.15) is 9.52 Å². The van der Waals surface area contributed by atoms with Crippen LogP contribution in [0.3, 0.4) is 0 Å². The third-order valence-corrected chi connectivity index (χ3v) is 4.65. The molecule has 0 aliphatic heterocycles. The van der Waals surface area contributed by atoms with Gasteiger partial charge in [-0.25, -0.2) is 0 Å². The van der Waals surface area contributed by atoms with E-state index in [0.29, 0.717) is 9.52 Å². The first kappa shape index (κ1) is 16.7. The van der Waals surface area contributed by atoms with E-state index in [9.17, 15) is 0 Å². The molecule has 0 spiro atoms. The van der Waals surface area contributed by atoms with Gasteiger partial charge in [0.25, 0.3) is 0 Å². The Morgan fingerprint density at radius 1 is 1.09 bits per heavy atom. The molecule has 2 aromatic rings. The second-order valence-electron chi connectivity index (χ2n) is 6.41. The highest BCUT2D eigenvalue weighted by molar-refractivity contribution is 6.67. The molecule has 2 radical (unpaired) electrons. The van der Waals surface area contributed by atoms with E-state index < -0.39 is 0 Å². The van der Waals surface area contributed by atoms with Gasteiger partial charge in [-0.1, -0.05) is 71.6 Å². The first-order valence-corrected chi connectivity index (χ1v) is 8.65. The normalized spacial score (nSPS) is 12.9. The second-order valence-corrected chi connectivity index (χ2v) is 7.78. The summed E-state index contributed by atoms with van der Waals surface area (Å²) in [6.07, 6.45) is 1.98. The Balaban J connectivity index is 2.26. The Kier molecular flexibility index (Phi) is 5.38. The molecule has 0 saturated carbocycles. The molecular formula is C20H24OSi. The topological polar surface area (TPSA) is 9.23 Å². The minimum absolute atomic E-state index is 0.0892. The van der Waals surface area contributed by atoms with Gasteiger partial charge in [-0.15, -0.1) is 0 Å².